The highest BCUT2D eigenvalue weighted by atomic mass is 16.2. The predicted molar refractivity (Wildman–Crippen MR) is 89.0 cm³/mol. The number of hydrogen-bond acceptors (Lipinski definition) is 3. The molecule has 1 aliphatic heterocycles. The largest absolute Gasteiger partial charge is 0.343 e. The van der Waals surface area contributed by atoms with Gasteiger partial charge in [-0.05, 0) is 38.8 Å². The van der Waals surface area contributed by atoms with Crippen molar-refractivity contribution >= 4 is 22.9 Å². The number of carbonyl (C=O) groups is 1. The summed E-state index contributed by atoms with van der Waals surface area (Å²) in [5.41, 5.74) is 2.07. The van der Waals surface area contributed by atoms with E-state index >= 15 is 0 Å². The van der Waals surface area contributed by atoms with Crippen LogP contribution >= 0.6 is 0 Å². The number of fused-ring (bicyclic) bond motifs is 1. The zero-order valence-electron chi connectivity index (χ0n) is 13.4. The minimum absolute atomic E-state index is 0.167. The second-order valence-corrected chi connectivity index (χ2v) is 5.85. The van der Waals surface area contributed by atoms with E-state index in [9.17, 15) is 4.79 Å². The van der Waals surface area contributed by atoms with Gasteiger partial charge in [0.05, 0.1) is 11.0 Å². The normalized spacial score (nSPS) is 16.2. The summed E-state index contributed by atoms with van der Waals surface area (Å²) in [6.45, 7) is 7.48. The number of para-hydroxylation sites is 2. The lowest BCUT2D eigenvalue weighted by Gasteiger charge is -2.33. The summed E-state index contributed by atoms with van der Waals surface area (Å²) in [4.78, 5) is 24.7. The molecule has 5 nitrogen and oxygen atoms in total. The van der Waals surface area contributed by atoms with E-state index in [4.69, 9.17) is 0 Å². The van der Waals surface area contributed by atoms with Gasteiger partial charge in [-0.3, -0.25) is 4.79 Å². The monoisotopic (exact) mass is 300 g/mol. The van der Waals surface area contributed by atoms with Crippen molar-refractivity contribution in [1.29, 1.82) is 0 Å². The van der Waals surface area contributed by atoms with Gasteiger partial charge in [0.15, 0.2) is 0 Å². The molecule has 1 aromatic heterocycles. The van der Waals surface area contributed by atoms with Crippen LogP contribution in [0.25, 0.3) is 11.0 Å². The Balaban J connectivity index is 1.65. The Morgan fingerprint density at radius 2 is 1.95 bits per heavy atom. The lowest BCUT2D eigenvalue weighted by molar-refractivity contribution is -0.135. The van der Waals surface area contributed by atoms with E-state index in [1.165, 1.54) is 0 Å². The molecule has 0 unspecified atom stereocenters. The van der Waals surface area contributed by atoms with Crippen molar-refractivity contribution in [3.8, 4) is 0 Å². The van der Waals surface area contributed by atoms with E-state index in [0.717, 1.165) is 56.0 Å². The van der Waals surface area contributed by atoms with Gasteiger partial charge in [0.25, 0.3) is 0 Å². The van der Waals surface area contributed by atoms with E-state index < -0.39 is 0 Å². The molecule has 1 amide bonds. The van der Waals surface area contributed by atoms with Gasteiger partial charge in [0, 0.05) is 32.1 Å². The lowest BCUT2D eigenvalue weighted by Crippen LogP contribution is -2.42. The highest BCUT2D eigenvalue weighted by molar-refractivity contribution is 5.79. The maximum Gasteiger partial charge on any atom is 0.225 e. The fourth-order valence-electron chi connectivity index (χ4n) is 3.22. The maximum atomic E-state index is 12.4. The number of H-pyrrole nitrogens is 1. The van der Waals surface area contributed by atoms with Crippen molar-refractivity contribution in [1.82, 2.24) is 14.9 Å². The fourth-order valence-corrected chi connectivity index (χ4v) is 3.22. The van der Waals surface area contributed by atoms with Crippen LogP contribution in [0.2, 0.25) is 0 Å². The first-order valence-electron chi connectivity index (χ1n) is 8.21. The van der Waals surface area contributed by atoms with Crippen LogP contribution in [0.3, 0.4) is 0 Å². The first-order chi connectivity index (χ1) is 10.7. The van der Waals surface area contributed by atoms with Gasteiger partial charge in [0.1, 0.15) is 0 Å². The number of hydrogen-bond donors (Lipinski definition) is 1. The Hall–Kier alpha value is -2.04. The van der Waals surface area contributed by atoms with Gasteiger partial charge in [-0.25, -0.2) is 4.98 Å². The van der Waals surface area contributed by atoms with Crippen molar-refractivity contribution in [2.24, 2.45) is 5.92 Å². The van der Waals surface area contributed by atoms with Gasteiger partial charge in [-0.1, -0.05) is 12.1 Å². The van der Waals surface area contributed by atoms with E-state index in [0.29, 0.717) is 5.91 Å². The van der Waals surface area contributed by atoms with Crippen LogP contribution in [0.4, 0.5) is 5.95 Å². The molecule has 1 N–H and O–H groups in total. The van der Waals surface area contributed by atoms with Crippen molar-refractivity contribution in [2.75, 3.05) is 31.1 Å². The molecular formula is C17H24N4O. The number of aromatic nitrogens is 2. The Morgan fingerprint density at radius 1 is 1.27 bits per heavy atom. The molecule has 3 rings (SSSR count). The number of anilines is 1. The number of rotatable bonds is 4. The standard InChI is InChI=1S/C17H24N4O/c1-3-20(4-2)16(22)13-9-11-21(12-10-13)17-18-14-7-5-6-8-15(14)19-17/h5-8,13H,3-4,9-12H2,1-2H3,(H,18,19). The number of carbonyl (C=O) groups excluding carboxylic acids is 1. The smallest absolute Gasteiger partial charge is 0.225 e. The molecule has 0 aliphatic carbocycles. The lowest BCUT2D eigenvalue weighted by atomic mass is 9.95. The molecule has 1 aromatic carbocycles. The number of aromatic amines is 1. The van der Waals surface area contributed by atoms with Gasteiger partial charge in [-0.2, -0.15) is 0 Å². The van der Waals surface area contributed by atoms with Gasteiger partial charge in [-0.15, -0.1) is 0 Å². The summed E-state index contributed by atoms with van der Waals surface area (Å²) in [7, 11) is 0. The fraction of sp³-hybridized carbons (Fsp3) is 0.529. The summed E-state index contributed by atoms with van der Waals surface area (Å²) in [5.74, 6) is 1.41. The average molecular weight is 300 g/mol. The SMILES string of the molecule is CCN(CC)C(=O)C1CCN(c2nc3ccccc3[nH]2)CC1. The Labute approximate surface area is 131 Å². The number of piperidine rings is 1. The molecule has 0 saturated carbocycles. The highest BCUT2D eigenvalue weighted by Crippen LogP contribution is 2.24. The number of imidazole rings is 1. The molecule has 2 aromatic rings. The first kappa shape index (κ1) is 14.9. The van der Waals surface area contributed by atoms with Gasteiger partial charge in [0.2, 0.25) is 11.9 Å². The van der Waals surface area contributed by atoms with E-state index in [2.05, 4.69) is 14.9 Å². The van der Waals surface area contributed by atoms with Crippen molar-refractivity contribution in [3.05, 3.63) is 24.3 Å². The van der Waals surface area contributed by atoms with Crippen molar-refractivity contribution in [2.45, 2.75) is 26.7 Å². The van der Waals surface area contributed by atoms with Gasteiger partial charge >= 0.3 is 0 Å². The topological polar surface area (TPSA) is 52.2 Å². The Bertz CT molecular complexity index is 606. The molecule has 0 bridgehead atoms. The molecule has 1 aliphatic rings. The summed E-state index contributed by atoms with van der Waals surface area (Å²) >= 11 is 0. The summed E-state index contributed by atoms with van der Waals surface area (Å²) in [5, 5.41) is 0. The van der Waals surface area contributed by atoms with Crippen molar-refractivity contribution < 1.29 is 4.79 Å². The van der Waals surface area contributed by atoms with Crippen LogP contribution in [-0.4, -0.2) is 47.0 Å². The highest BCUT2D eigenvalue weighted by Gasteiger charge is 2.28. The summed E-state index contributed by atoms with van der Waals surface area (Å²) in [6.07, 6.45) is 1.82. The van der Waals surface area contributed by atoms with Crippen LogP contribution in [0, 0.1) is 5.92 Å². The quantitative estimate of drug-likeness (QED) is 0.944. The third-order valence-corrected chi connectivity index (χ3v) is 4.60. The third kappa shape index (κ3) is 2.80. The zero-order valence-corrected chi connectivity index (χ0v) is 13.4. The minimum atomic E-state index is 0.167. The second kappa shape index (κ2) is 6.38. The molecule has 0 radical (unpaired) electrons. The molecule has 22 heavy (non-hydrogen) atoms. The van der Waals surface area contributed by atoms with Crippen LogP contribution in [-0.2, 0) is 4.79 Å². The molecular weight excluding hydrogens is 276 g/mol. The molecule has 1 fully saturated rings. The molecule has 118 valence electrons. The maximum absolute atomic E-state index is 12.4. The zero-order chi connectivity index (χ0) is 15.5. The molecule has 0 atom stereocenters. The molecule has 1 saturated heterocycles. The average Bonchev–Trinajstić information content (AvgIpc) is 3.00. The van der Waals surface area contributed by atoms with Crippen LogP contribution in [0.1, 0.15) is 26.7 Å². The third-order valence-electron chi connectivity index (χ3n) is 4.60. The molecule has 0 spiro atoms. The Morgan fingerprint density at radius 3 is 2.59 bits per heavy atom. The van der Waals surface area contributed by atoms with E-state index in [1.54, 1.807) is 0 Å². The molecule has 5 heteroatoms. The first-order valence-corrected chi connectivity index (χ1v) is 8.21. The summed E-state index contributed by atoms with van der Waals surface area (Å²) < 4.78 is 0. The number of amides is 1. The van der Waals surface area contributed by atoms with Crippen LogP contribution in [0.15, 0.2) is 24.3 Å². The molecule has 2 heterocycles. The second-order valence-electron chi connectivity index (χ2n) is 5.85. The number of benzene rings is 1. The number of nitrogens with one attached hydrogen (secondary N) is 1. The van der Waals surface area contributed by atoms with E-state index in [1.807, 2.05) is 43.0 Å². The van der Waals surface area contributed by atoms with Crippen LogP contribution < -0.4 is 4.90 Å². The van der Waals surface area contributed by atoms with Gasteiger partial charge < -0.3 is 14.8 Å². The number of nitrogens with zero attached hydrogens (tertiary/aromatic N) is 3. The van der Waals surface area contributed by atoms with Crippen LogP contribution in [0.5, 0.6) is 0 Å². The predicted octanol–water partition coefficient (Wildman–Crippen LogP) is 2.65. The van der Waals surface area contributed by atoms with Crippen molar-refractivity contribution in [3.63, 3.8) is 0 Å². The minimum Gasteiger partial charge on any atom is -0.343 e. The Kier molecular flexibility index (Phi) is 4.32. The van der Waals surface area contributed by atoms with E-state index in [-0.39, 0.29) is 5.92 Å². The summed E-state index contributed by atoms with van der Waals surface area (Å²) in [6, 6.07) is 8.08.